The highest BCUT2D eigenvalue weighted by molar-refractivity contribution is 7.93. The fraction of sp³-hybridized carbons (Fsp3) is 0.391. The monoisotopic (exact) mass is 1030 g/mol. The first kappa shape index (κ1) is 50.4. The topological polar surface area (TPSA) is 172 Å². The van der Waals surface area contributed by atoms with E-state index >= 15 is 0 Å². The highest BCUT2D eigenvalue weighted by Gasteiger charge is 2.29. The zero-order valence-corrected chi connectivity index (χ0v) is 43.1. The first-order valence-corrected chi connectivity index (χ1v) is 26.5. The molecule has 8 rings (SSSR count). The molecule has 15 nitrogen and oxygen atoms in total. The van der Waals surface area contributed by atoms with Crippen molar-refractivity contribution in [3.63, 3.8) is 0 Å². The van der Waals surface area contributed by atoms with Crippen molar-refractivity contribution in [2.75, 3.05) is 66.9 Å². The van der Waals surface area contributed by atoms with Gasteiger partial charge in [-0.05, 0) is 104 Å². The normalized spacial score (nSPS) is 14.6. The number of sulfone groups is 1. The average molecular weight is 1030 g/mol. The van der Waals surface area contributed by atoms with Crippen LogP contribution >= 0.6 is 46.4 Å². The second kappa shape index (κ2) is 21.0. The van der Waals surface area contributed by atoms with E-state index in [9.17, 15) is 16.8 Å². The van der Waals surface area contributed by atoms with Crippen molar-refractivity contribution in [3.05, 3.63) is 109 Å². The zero-order valence-electron chi connectivity index (χ0n) is 38.5. The van der Waals surface area contributed by atoms with Crippen molar-refractivity contribution >= 4 is 83.6 Å². The number of nitrogens with zero attached hydrogens (tertiary/aromatic N) is 8. The quantitative estimate of drug-likeness (QED) is 0.107. The Morgan fingerprint density at radius 3 is 1.52 bits per heavy atom. The number of hydrogen-bond donors (Lipinski definition) is 3. The van der Waals surface area contributed by atoms with E-state index in [1.165, 1.54) is 0 Å². The first-order valence-electron chi connectivity index (χ1n) is 21.8. The number of rotatable bonds is 12. The number of aryl methyl sites for hydroxylation is 3. The predicted molar refractivity (Wildman–Crippen MR) is 270 cm³/mol. The summed E-state index contributed by atoms with van der Waals surface area (Å²) in [5.74, 6) is 1.83. The molecule has 2 aliphatic heterocycles. The van der Waals surface area contributed by atoms with Crippen molar-refractivity contribution in [3.8, 4) is 22.3 Å². The second-order valence-corrected chi connectivity index (χ2v) is 22.3. The summed E-state index contributed by atoms with van der Waals surface area (Å²) in [6.45, 7) is 16.7. The Bertz CT molecular complexity index is 2960. The van der Waals surface area contributed by atoms with Gasteiger partial charge in [0, 0.05) is 90.1 Å². The Labute approximate surface area is 413 Å². The smallest absolute Gasteiger partial charge is 0.264 e. The zero-order chi connectivity index (χ0) is 48.4. The van der Waals surface area contributed by atoms with E-state index in [1.807, 2.05) is 38.1 Å². The molecule has 67 heavy (non-hydrogen) atoms. The molecule has 6 aromatic rings. The van der Waals surface area contributed by atoms with Gasteiger partial charge in [0.15, 0.2) is 9.84 Å². The number of pyridine rings is 2. The molecule has 2 aromatic carbocycles. The molecule has 0 saturated carbocycles. The van der Waals surface area contributed by atoms with Crippen LogP contribution < -0.4 is 25.2 Å². The van der Waals surface area contributed by atoms with E-state index in [2.05, 4.69) is 59.2 Å². The Morgan fingerprint density at radius 2 is 1.09 bits per heavy atom. The van der Waals surface area contributed by atoms with Crippen molar-refractivity contribution in [1.29, 1.82) is 0 Å². The van der Waals surface area contributed by atoms with Gasteiger partial charge in [-0.25, -0.2) is 26.8 Å². The Kier molecular flexibility index (Phi) is 15.8. The largest absolute Gasteiger partial charge is 0.354 e. The standard InChI is InChI=1S/C24H30Cl2N6O2S.C22H25Cl2N5O2S/c1-15(2)11-21-23(16(3)31(4)29-21)30-35(33,34)24-19(25)12-18(13-20(24)26)17-5-6-28-22(14-17)32-9-7-27-8-10-32;1-14-18(15(2)28(3)27-14)13-32(30,31)22-19(23)10-17(11-20(22)24)16-4-5-26-21(12-16)29-8-6-25-7-9-29/h5-6,12-15,27,30H,7-11H2,1-4H3;4-5,10-12,25H,6-9,13H2,1-3H3. The highest BCUT2D eigenvalue weighted by Crippen LogP contribution is 2.39. The lowest BCUT2D eigenvalue weighted by Gasteiger charge is -2.28. The molecule has 3 N–H and O–H groups in total. The Morgan fingerprint density at radius 1 is 0.642 bits per heavy atom. The maximum atomic E-state index is 13.4. The minimum absolute atomic E-state index is 0.0486. The fourth-order valence-electron chi connectivity index (χ4n) is 8.15. The number of aromatic nitrogens is 6. The molecule has 21 heteroatoms. The maximum Gasteiger partial charge on any atom is 0.264 e. The van der Waals surface area contributed by atoms with Gasteiger partial charge >= 0.3 is 0 Å². The van der Waals surface area contributed by atoms with E-state index in [-0.39, 0.29) is 35.6 Å². The van der Waals surface area contributed by atoms with Gasteiger partial charge in [0.2, 0.25) is 0 Å². The molecule has 0 amide bonds. The van der Waals surface area contributed by atoms with Gasteiger partial charge in [0.05, 0.1) is 48.6 Å². The number of halogens is 4. The summed E-state index contributed by atoms with van der Waals surface area (Å²) in [6.07, 6.45) is 4.12. The van der Waals surface area contributed by atoms with Gasteiger partial charge in [0.1, 0.15) is 21.4 Å². The summed E-state index contributed by atoms with van der Waals surface area (Å²) < 4.78 is 59.3. The minimum atomic E-state index is -4.06. The lowest BCUT2D eigenvalue weighted by Crippen LogP contribution is -2.43. The molecule has 0 radical (unpaired) electrons. The second-order valence-electron chi connectivity index (χ2n) is 17.1. The van der Waals surface area contributed by atoms with Crippen LogP contribution in [0, 0.1) is 26.7 Å². The molecule has 0 spiro atoms. The van der Waals surface area contributed by atoms with Crippen LogP contribution in [0.4, 0.5) is 17.3 Å². The van der Waals surface area contributed by atoms with Gasteiger partial charge in [-0.15, -0.1) is 0 Å². The molecule has 2 fully saturated rings. The Hall–Kier alpha value is -4.46. The molecule has 6 heterocycles. The van der Waals surface area contributed by atoms with Gasteiger partial charge in [-0.3, -0.25) is 14.1 Å². The number of anilines is 3. The maximum absolute atomic E-state index is 13.4. The summed E-state index contributed by atoms with van der Waals surface area (Å²) >= 11 is 26.0. The van der Waals surface area contributed by atoms with Gasteiger partial charge < -0.3 is 20.4 Å². The summed E-state index contributed by atoms with van der Waals surface area (Å²) in [6, 6.07) is 14.2. The minimum Gasteiger partial charge on any atom is -0.354 e. The third kappa shape index (κ3) is 11.5. The summed E-state index contributed by atoms with van der Waals surface area (Å²) in [5.41, 5.74) is 7.20. The van der Waals surface area contributed by atoms with Crippen molar-refractivity contribution in [2.24, 2.45) is 20.0 Å². The van der Waals surface area contributed by atoms with Crippen LogP contribution in [0.1, 0.15) is 42.2 Å². The van der Waals surface area contributed by atoms with Crippen LogP contribution in [0.5, 0.6) is 0 Å². The predicted octanol–water partition coefficient (Wildman–Crippen LogP) is 8.30. The van der Waals surface area contributed by atoms with E-state index in [0.717, 1.165) is 91.9 Å². The number of hydrogen-bond acceptors (Lipinski definition) is 12. The number of piperazine rings is 2. The van der Waals surface area contributed by atoms with Crippen LogP contribution in [0.25, 0.3) is 22.3 Å². The SMILES string of the molecule is Cc1c(NS(=O)(=O)c2c(Cl)cc(-c3ccnc(N4CCNCC4)c3)cc2Cl)c(CC(C)C)nn1C.Cc1nn(C)c(C)c1CS(=O)(=O)c1c(Cl)cc(-c2ccnc(N3CCNCC3)c2)cc1Cl. The summed E-state index contributed by atoms with van der Waals surface area (Å²) in [4.78, 5) is 13.2. The number of benzene rings is 2. The van der Waals surface area contributed by atoms with Crippen molar-refractivity contribution in [2.45, 2.75) is 56.6 Å². The molecule has 4 aromatic heterocycles. The van der Waals surface area contributed by atoms with Crippen LogP contribution in [-0.4, -0.2) is 98.7 Å². The Balaban J connectivity index is 0.000000200. The fourth-order valence-corrected chi connectivity index (χ4v) is 13.4. The van der Waals surface area contributed by atoms with Gasteiger partial charge in [-0.2, -0.15) is 10.2 Å². The van der Waals surface area contributed by atoms with Crippen LogP contribution in [0.15, 0.2) is 70.7 Å². The number of nitrogens with one attached hydrogen (secondary N) is 3. The van der Waals surface area contributed by atoms with E-state index in [1.54, 1.807) is 67.0 Å². The van der Waals surface area contributed by atoms with Crippen molar-refractivity contribution in [1.82, 2.24) is 40.2 Å². The summed E-state index contributed by atoms with van der Waals surface area (Å²) in [7, 11) is -4.26. The van der Waals surface area contributed by atoms with Crippen LogP contribution in [0.3, 0.4) is 0 Å². The third-order valence-electron chi connectivity index (χ3n) is 11.9. The molecule has 0 unspecified atom stereocenters. The molecule has 0 aliphatic carbocycles. The number of sulfonamides is 1. The molecular weight excluding hydrogens is 977 g/mol. The first-order chi connectivity index (χ1) is 31.7. The molecule has 0 atom stereocenters. The highest BCUT2D eigenvalue weighted by atomic mass is 35.5. The third-order valence-corrected chi connectivity index (χ3v) is 16.7. The van der Waals surface area contributed by atoms with Gasteiger partial charge in [0.25, 0.3) is 10.0 Å². The van der Waals surface area contributed by atoms with Crippen LogP contribution in [-0.2, 0) is 46.1 Å². The molecular formula is C46H55Cl4N11O4S2. The average Bonchev–Trinajstić information content (AvgIpc) is 3.68. The molecule has 0 bridgehead atoms. The molecule has 358 valence electrons. The van der Waals surface area contributed by atoms with E-state index < -0.39 is 19.9 Å². The van der Waals surface area contributed by atoms with Crippen LogP contribution in [0.2, 0.25) is 20.1 Å². The summed E-state index contributed by atoms with van der Waals surface area (Å²) in [5, 5.41) is 15.7. The van der Waals surface area contributed by atoms with Gasteiger partial charge in [-0.1, -0.05) is 60.3 Å². The van der Waals surface area contributed by atoms with E-state index in [4.69, 9.17) is 46.4 Å². The molecule has 2 saturated heterocycles. The lowest BCUT2D eigenvalue weighted by molar-refractivity contribution is 0.585. The lowest BCUT2D eigenvalue weighted by atomic mass is 10.1. The van der Waals surface area contributed by atoms with Crippen molar-refractivity contribution < 1.29 is 16.8 Å². The van der Waals surface area contributed by atoms with E-state index in [0.29, 0.717) is 40.7 Å². The molecule has 2 aliphatic rings.